The maximum absolute atomic E-state index is 12.5. The number of nitrogens with one attached hydrogen (secondary N) is 1. The summed E-state index contributed by atoms with van der Waals surface area (Å²) in [6.07, 6.45) is 3.10. The number of carbonyl (C=O) groups excluding carboxylic acids is 3. The number of anilines is 1. The average molecular weight is 357 g/mol. The molecule has 0 spiro atoms. The topological polar surface area (TPSA) is 72.5 Å². The van der Waals surface area contributed by atoms with Gasteiger partial charge in [-0.1, -0.05) is 24.1 Å². The summed E-state index contributed by atoms with van der Waals surface area (Å²) in [5, 5.41) is 2.82. The van der Waals surface area contributed by atoms with Crippen LogP contribution in [-0.4, -0.2) is 23.8 Å². The Morgan fingerprint density at radius 2 is 1.81 bits per heavy atom. The second-order valence-corrected chi connectivity index (χ2v) is 7.78. The van der Waals surface area contributed by atoms with E-state index in [2.05, 4.69) is 5.32 Å². The molecule has 2 saturated carbocycles. The summed E-state index contributed by atoms with van der Waals surface area (Å²) >= 11 is 0. The van der Waals surface area contributed by atoms with E-state index in [0.29, 0.717) is 18.6 Å². The Hall–Kier alpha value is -2.17. The number of ether oxygens (including phenoxy) is 1. The molecule has 2 aliphatic rings. The molecule has 1 aromatic carbocycles. The maximum atomic E-state index is 12.5. The molecule has 0 aromatic heterocycles. The third-order valence-corrected chi connectivity index (χ3v) is 5.68. The summed E-state index contributed by atoms with van der Waals surface area (Å²) in [6, 6.07) is 5.77. The fourth-order valence-electron chi connectivity index (χ4n) is 4.18. The van der Waals surface area contributed by atoms with Gasteiger partial charge in [-0.05, 0) is 58.1 Å². The highest BCUT2D eigenvalue weighted by Crippen LogP contribution is 2.40. The van der Waals surface area contributed by atoms with Gasteiger partial charge in [0, 0.05) is 17.5 Å². The lowest BCUT2D eigenvalue weighted by Gasteiger charge is -2.36. The molecule has 0 aliphatic heterocycles. The molecular formula is C21H27NO4. The Balaban J connectivity index is 1.57. The summed E-state index contributed by atoms with van der Waals surface area (Å²) in [5.74, 6) is -0.630. The minimum absolute atomic E-state index is 0.000564. The van der Waals surface area contributed by atoms with Crippen LogP contribution in [0.25, 0.3) is 0 Å². The predicted molar refractivity (Wildman–Crippen MR) is 98.7 cm³/mol. The number of rotatable bonds is 4. The van der Waals surface area contributed by atoms with Crippen LogP contribution in [0.5, 0.6) is 0 Å². The van der Waals surface area contributed by atoms with Gasteiger partial charge in [-0.2, -0.15) is 0 Å². The van der Waals surface area contributed by atoms with Crippen molar-refractivity contribution in [2.24, 2.45) is 17.8 Å². The molecular weight excluding hydrogens is 330 g/mol. The van der Waals surface area contributed by atoms with Crippen LogP contribution in [0.4, 0.5) is 5.69 Å². The minimum Gasteiger partial charge on any atom is -0.452 e. The molecule has 0 saturated heterocycles. The van der Waals surface area contributed by atoms with Gasteiger partial charge in [0.2, 0.25) is 0 Å². The van der Waals surface area contributed by atoms with Crippen LogP contribution < -0.4 is 5.32 Å². The first-order chi connectivity index (χ1) is 12.3. The van der Waals surface area contributed by atoms with Crippen LogP contribution in [0.2, 0.25) is 0 Å². The highest BCUT2D eigenvalue weighted by molar-refractivity contribution is 5.96. The van der Waals surface area contributed by atoms with Gasteiger partial charge in [0.05, 0.1) is 5.92 Å². The summed E-state index contributed by atoms with van der Waals surface area (Å²) in [5.41, 5.74) is 2.81. The largest absolute Gasteiger partial charge is 0.452 e. The number of aryl methyl sites for hydroxylation is 2. The number of hydrogen-bond acceptors (Lipinski definition) is 4. The highest BCUT2D eigenvalue weighted by Gasteiger charge is 2.42. The molecule has 1 N–H and O–H groups in total. The average Bonchev–Trinajstić information content (AvgIpc) is 2.56. The van der Waals surface area contributed by atoms with E-state index in [1.54, 1.807) is 6.92 Å². The maximum Gasteiger partial charge on any atom is 0.309 e. The van der Waals surface area contributed by atoms with E-state index >= 15 is 0 Å². The fourth-order valence-corrected chi connectivity index (χ4v) is 4.18. The van der Waals surface area contributed by atoms with Gasteiger partial charge in [-0.15, -0.1) is 0 Å². The van der Waals surface area contributed by atoms with Gasteiger partial charge in [0.15, 0.2) is 6.10 Å². The molecule has 2 fully saturated rings. The van der Waals surface area contributed by atoms with E-state index in [4.69, 9.17) is 4.74 Å². The zero-order valence-corrected chi connectivity index (χ0v) is 15.7. The molecule has 0 radical (unpaired) electrons. The van der Waals surface area contributed by atoms with E-state index < -0.39 is 6.10 Å². The first-order valence-corrected chi connectivity index (χ1v) is 9.47. The molecule has 26 heavy (non-hydrogen) atoms. The van der Waals surface area contributed by atoms with Crippen molar-refractivity contribution in [2.45, 2.75) is 59.0 Å². The molecule has 5 nitrogen and oxygen atoms in total. The lowest BCUT2D eigenvalue weighted by Crippen LogP contribution is -2.41. The van der Waals surface area contributed by atoms with Crippen molar-refractivity contribution >= 4 is 23.3 Å². The van der Waals surface area contributed by atoms with E-state index in [-0.39, 0.29) is 29.6 Å². The minimum atomic E-state index is -0.860. The lowest BCUT2D eigenvalue weighted by atomic mass is 9.67. The van der Waals surface area contributed by atoms with Crippen molar-refractivity contribution in [3.63, 3.8) is 0 Å². The van der Waals surface area contributed by atoms with Gasteiger partial charge >= 0.3 is 5.97 Å². The molecule has 5 heteroatoms. The number of Topliss-reactive ketones (excluding diaryl/α,β-unsaturated/α-hetero) is 1. The van der Waals surface area contributed by atoms with E-state index in [0.717, 1.165) is 36.1 Å². The van der Waals surface area contributed by atoms with Gasteiger partial charge in [-0.3, -0.25) is 14.4 Å². The van der Waals surface area contributed by atoms with E-state index in [9.17, 15) is 14.4 Å². The van der Waals surface area contributed by atoms with Crippen molar-refractivity contribution in [3.8, 4) is 0 Å². The Morgan fingerprint density at radius 1 is 1.15 bits per heavy atom. The van der Waals surface area contributed by atoms with Crippen molar-refractivity contribution in [3.05, 3.63) is 29.3 Å². The molecule has 2 aliphatic carbocycles. The second-order valence-electron chi connectivity index (χ2n) is 7.78. The number of hydrogen-bond donors (Lipinski definition) is 1. The number of ketones is 1. The Labute approximate surface area is 154 Å². The van der Waals surface area contributed by atoms with Gasteiger partial charge < -0.3 is 10.1 Å². The standard InChI is InChI=1S/C21H27NO4/c1-12-7-8-18(13(2)9-12)22-20(24)14(3)26-21(25)17-10-15-5-4-6-16(11-17)19(15)23/h7-9,14-17H,4-6,10-11H2,1-3H3,(H,22,24)/t14-,15-,16+,17?/m1/s1. The smallest absolute Gasteiger partial charge is 0.309 e. The highest BCUT2D eigenvalue weighted by atomic mass is 16.5. The van der Waals surface area contributed by atoms with Crippen LogP contribution in [0.3, 0.4) is 0 Å². The monoisotopic (exact) mass is 357 g/mol. The number of esters is 1. The van der Waals surface area contributed by atoms with E-state index in [1.807, 2.05) is 32.0 Å². The number of fused-ring (bicyclic) bond motifs is 2. The molecule has 4 atom stereocenters. The SMILES string of the molecule is Cc1ccc(NC(=O)[C@@H](C)OC(=O)C2C[C@H]3CCC[C@@H](C2)C3=O)c(C)c1. The van der Waals surface area contributed by atoms with Gasteiger partial charge in [-0.25, -0.2) is 0 Å². The zero-order valence-electron chi connectivity index (χ0n) is 15.7. The zero-order chi connectivity index (χ0) is 18.8. The van der Waals surface area contributed by atoms with Gasteiger partial charge in [0.25, 0.3) is 5.91 Å². The molecule has 140 valence electrons. The van der Waals surface area contributed by atoms with Crippen LogP contribution in [0, 0.1) is 31.6 Å². The number of benzene rings is 1. The molecule has 3 rings (SSSR count). The lowest BCUT2D eigenvalue weighted by molar-refractivity contribution is -0.161. The van der Waals surface area contributed by atoms with Crippen LogP contribution in [-0.2, 0) is 19.1 Å². The van der Waals surface area contributed by atoms with Crippen LogP contribution in [0.1, 0.15) is 50.2 Å². The molecule has 2 bridgehead atoms. The molecule has 1 unspecified atom stereocenters. The summed E-state index contributed by atoms with van der Waals surface area (Å²) in [7, 11) is 0. The van der Waals surface area contributed by atoms with Gasteiger partial charge in [0.1, 0.15) is 5.78 Å². The quantitative estimate of drug-likeness (QED) is 0.836. The summed E-state index contributed by atoms with van der Waals surface area (Å²) < 4.78 is 5.43. The third-order valence-electron chi connectivity index (χ3n) is 5.68. The fraction of sp³-hybridized carbons (Fsp3) is 0.571. The van der Waals surface area contributed by atoms with Crippen molar-refractivity contribution < 1.29 is 19.1 Å². The van der Waals surface area contributed by atoms with Crippen molar-refractivity contribution in [2.75, 3.05) is 5.32 Å². The molecule has 1 amide bonds. The normalized spacial score (nSPS) is 26.1. The first kappa shape index (κ1) is 18.6. The Bertz CT molecular complexity index is 711. The predicted octanol–water partition coefficient (Wildman–Crippen LogP) is 3.57. The van der Waals surface area contributed by atoms with Crippen LogP contribution in [0.15, 0.2) is 18.2 Å². The molecule has 0 heterocycles. The summed E-state index contributed by atoms with van der Waals surface area (Å²) in [6.45, 7) is 5.51. The van der Waals surface area contributed by atoms with Crippen molar-refractivity contribution in [1.82, 2.24) is 0 Å². The van der Waals surface area contributed by atoms with Crippen molar-refractivity contribution in [1.29, 1.82) is 0 Å². The summed E-state index contributed by atoms with van der Waals surface area (Å²) in [4.78, 5) is 37.0. The first-order valence-electron chi connectivity index (χ1n) is 9.47. The second kappa shape index (κ2) is 7.60. The molecule has 1 aromatic rings. The number of amides is 1. The Morgan fingerprint density at radius 3 is 2.42 bits per heavy atom. The van der Waals surface area contributed by atoms with E-state index in [1.165, 1.54) is 0 Å². The Kier molecular flexibility index (Phi) is 5.44. The van der Waals surface area contributed by atoms with Crippen LogP contribution >= 0.6 is 0 Å². The third kappa shape index (κ3) is 3.97. The number of carbonyl (C=O) groups is 3.